The van der Waals surface area contributed by atoms with Crippen LogP contribution in [-0.4, -0.2) is 44.5 Å². The van der Waals surface area contributed by atoms with Gasteiger partial charge in [-0.25, -0.2) is 0 Å². The summed E-state index contributed by atoms with van der Waals surface area (Å²) in [6.45, 7) is 8.71. The topological polar surface area (TPSA) is 28.9 Å². The van der Waals surface area contributed by atoms with E-state index >= 15 is 0 Å². The van der Waals surface area contributed by atoms with E-state index in [9.17, 15) is 0 Å². The number of nitrogens with one attached hydrogen (secondary N) is 2. The smallest absolute Gasteiger partial charge is 0.173 e. The molecule has 2 aromatic carbocycles. The molecule has 0 amide bonds. The number of hydrogen-bond donors (Lipinski definition) is 2. The molecule has 0 saturated carbocycles. The van der Waals surface area contributed by atoms with E-state index in [4.69, 9.17) is 17.0 Å². The highest BCUT2D eigenvalue weighted by Crippen LogP contribution is 2.18. The van der Waals surface area contributed by atoms with Crippen LogP contribution < -0.4 is 15.1 Å². The second-order valence-corrected chi connectivity index (χ2v) is 7.14. The van der Waals surface area contributed by atoms with Gasteiger partial charge in [0.25, 0.3) is 0 Å². The van der Waals surface area contributed by atoms with E-state index in [2.05, 4.69) is 65.7 Å². The van der Waals surface area contributed by atoms with Gasteiger partial charge in [-0.3, -0.25) is 0 Å². The molecular weight excluding hydrogens is 342 g/mol. The number of morpholine rings is 1. The predicted molar refractivity (Wildman–Crippen MR) is 111 cm³/mol. The van der Waals surface area contributed by atoms with Crippen molar-refractivity contribution in [3.05, 3.63) is 65.7 Å². The first-order chi connectivity index (χ1) is 12.7. The van der Waals surface area contributed by atoms with E-state index in [0.717, 1.165) is 56.7 Å². The highest BCUT2D eigenvalue weighted by Gasteiger charge is 2.16. The zero-order chi connectivity index (χ0) is 18.2. The van der Waals surface area contributed by atoms with Crippen molar-refractivity contribution in [2.75, 3.05) is 44.3 Å². The van der Waals surface area contributed by atoms with Gasteiger partial charge in [0.15, 0.2) is 5.11 Å². The Hall–Kier alpha value is -1.95. The maximum atomic E-state index is 5.74. The van der Waals surface area contributed by atoms with Crippen molar-refractivity contribution in [2.24, 2.45) is 0 Å². The average molecular weight is 371 g/mol. The molecule has 3 rings (SSSR count). The number of anilines is 1. The fourth-order valence-corrected chi connectivity index (χ4v) is 3.39. The van der Waals surface area contributed by atoms with Crippen LogP contribution in [0.3, 0.4) is 0 Å². The second kappa shape index (κ2) is 9.67. The van der Waals surface area contributed by atoms with Crippen molar-refractivity contribution in [2.45, 2.75) is 13.5 Å². The number of quaternary nitrogens is 1. The Balaban J connectivity index is 1.63. The van der Waals surface area contributed by atoms with Gasteiger partial charge in [-0.2, -0.15) is 0 Å². The Morgan fingerprint density at radius 1 is 1.08 bits per heavy atom. The van der Waals surface area contributed by atoms with Crippen molar-refractivity contribution in [1.29, 1.82) is 0 Å². The largest absolute Gasteiger partial charge is 0.370 e. The highest BCUT2D eigenvalue weighted by molar-refractivity contribution is 7.80. The van der Waals surface area contributed by atoms with Crippen LogP contribution in [0.4, 0.5) is 5.69 Å². The fourth-order valence-electron chi connectivity index (χ4n) is 3.12. The molecule has 2 N–H and O–H groups in total. The van der Waals surface area contributed by atoms with Crippen molar-refractivity contribution >= 4 is 23.0 Å². The van der Waals surface area contributed by atoms with Crippen LogP contribution in [0.25, 0.3) is 0 Å². The van der Waals surface area contributed by atoms with Crippen molar-refractivity contribution < 1.29 is 9.64 Å². The Bertz CT molecular complexity index is 684. The quantitative estimate of drug-likeness (QED) is 0.759. The number of rotatable bonds is 6. The molecule has 0 aliphatic carbocycles. The van der Waals surface area contributed by atoms with Crippen LogP contribution >= 0.6 is 12.2 Å². The Morgan fingerprint density at radius 2 is 1.77 bits per heavy atom. The molecule has 0 aromatic heterocycles. The lowest BCUT2D eigenvalue weighted by atomic mass is 10.2. The first kappa shape index (κ1) is 18.8. The molecule has 0 unspecified atom stereocenters. The number of nitrogens with zero attached hydrogens (tertiary/aromatic N) is 1. The van der Waals surface area contributed by atoms with E-state index < -0.39 is 0 Å². The van der Waals surface area contributed by atoms with Gasteiger partial charge in [0, 0.05) is 5.69 Å². The highest BCUT2D eigenvalue weighted by atomic mass is 32.1. The molecule has 138 valence electrons. The molecule has 1 aliphatic rings. The minimum atomic E-state index is 0.764. The maximum Gasteiger partial charge on any atom is 0.173 e. The van der Waals surface area contributed by atoms with E-state index in [1.807, 2.05) is 6.07 Å². The van der Waals surface area contributed by atoms with Crippen LogP contribution in [0.2, 0.25) is 0 Å². The average Bonchev–Trinajstić information content (AvgIpc) is 2.68. The lowest BCUT2D eigenvalue weighted by molar-refractivity contribution is -0.906. The summed E-state index contributed by atoms with van der Waals surface area (Å²) >= 11 is 5.74. The summed E-state index contributed by atoms with van der Waals surface area (Å²) in [5, 5.41) is 4.24. The lowest BCUT2D eigenvalue weighted by Gasteiger charge is -2.28. The molecule has 26 heavy (non-hydrogen) atoms. The third-order valence-corrected chi connectivity index (χ3v) is 5.09. The molecule has 1 heterocycles. The molecule has 4 nitrogen and oxygen atoms in total. The van der Waals surface area contributed by atoms with Gasteiger partial charge >= 0.3 is 0 Å². The summed E-state index contributed by atoms with van der Waals surface area (Å²) in [5.74, 6) is 0. The van der Waals surface area contributed by atoms with E-state index in [1.54, 1.807) is 4.90 Å². The van der Waals surface area contributed by atoms with Crippen molar-refractivity contribution in [3.8, 4) is 0 Å². The third-order valence-electron chi connectivity index (χ3n) is 4.73. The van der Waals surface area contributed by atoms with Gasteiger partial charge in [-0.15, -0.1) is 0 Å². The first-order valence-corrected chi connectivity index (χ1v) is 9.70. The summed E-state index contributed by atoms with van der Waals surface area (Å²) in [5.41, 5.74) is 3.62. The molecule has 1 saturated heterocycles. The standard InChI is InChI=1S/C21H27N3OS/c1-18-7-9-20(10-8-18)24(17-19-5-3-2-4-6-19)21(26)22-11-12-23-13-15-25-16-14-23/h2-10H,11-17H2,1H3,(H,22,26)/p+1. The zero-order valence-corrected chi connectivity index (χ0v) is 16.2. The Labute approximate surface area is 161 Å². The molecule has 1 aliphatic heterocycles. The van der Waals surface area contributed by atoms with Gasteiger partial charge in [0.1, 0.15) is 13.1 Å². The molecule has 1 fully saturated rings. The van der Waals surface area contributed by atoms with Crippen LogP contribution in [-0.2, 0) is 11.3 Å². The number of thiocarbonyl (C=S) groups is 1. The third kappa shape index (κ3) is 5.53. The van der Waals surface area contributed by atoms with Crippen LogP contribution in [0.5, 0.6) is 0 Å². The van der Waals surface area contributed by atoms with Gasteiger partial charge in [0.2, 0.25) is 0 Å². The fraction of sp³-hybridized carbons (Fsp3) is 0.381. The molecule has 0 bridgehead atoms. The molecule has 5 heteroatoms. The predicted octanol–water partition coefficient (Wildman–Crippen LogP) is 1.79. The van der Waals surface area contributed by atoms with Gasteiger partial charge < -0.3 is 19.9 Å². The molecular formula is C21H28N3OS+. The molecule has 0 atom stereocenters. The summed E-state index contributed by atoms with van der Waals surface area (Å²) in [6.07, 6.45) is 0. The number of aryl methyl sites for hydroxylation is 1. The normalized spacial score (nSPS) is 14.8. The monoisotopic (exact) mass is 370 g/mol. The minimum Gasteiger partial charge on any atom is -0.370 e. The number of ether oxygens (including phenoxy) is 1. The van der Waals surface area contributed by atoms with E-state index in [1.165, 1.54) is 11.1 Å². The van der Waals surface area contributed by atoms with Crippen LogP contribution in [0, 0.1) is 6.92 Å². The van der Waals surface area contributed by atoms with Crippen molar-refractivity contribution in [1.82, 2.24) is 5.32 Å². The van der Waals surface area contributed by atoms with Crippen molar-refractivity contribution in [3.63, 3.8) is 0 Å². The Kier molecular flexibility index (Phi) is 7.00. The summed E-state index contributed by atoms with van der Waals surface area (Å²) in [4.78, 5) is 3.76. The van der Waals surface area contributed by atoms with Crippen LogP contribution in [0.15, 0.2) is 54.6 Å². The second-order valence-electron chi connectivity index (χ2n) is 6.75. The lowest BCUT2D eigenvalue weighted by Crippen LogP contribution is -3.14. The minimum absolute atomic E-state index is 0.764. The molecule has 0 radical (unpaired) electrons. The maximum absolute atomic E-state index is 5.74. The summed E-state index contributed by atoms with van der Waals surface area (Å²) in [7, 11) is 0. The Morgan fingerprint density at radius 3 is 2.46 bits per heavy atom. The first-order valence-electron chi connectivity index (χ1n) is 9.29. The van der Waals surface area contributed by atoms with E-state index in [0.29, 0.717) is 0 Å². The van der Waals surface area contributed by atoms with E-state index in [-0.39, 0.29) is 0 Å². The summed E-state index contributed by atoms with van der Waals surface area (Å²) < 4.78 is 5.42. The van der Waals surface area contributed by atoms with Gasteiger partial charge in [-0.1, -0.05) is 48.0 Å². The van der Waals surface area contributed by atoms with Crippen LogP contribution in [0.1, 0.15) is 11.1 Å². The van der Waals surface area contributed by atoms with Gasteiger partial charge in [0.05, 0.1) is 32.8 Å². The number of benzene rings is 2. The SMILES string of the molecule is Cc1ccc(N(Cc2ccccc2)C(=S)NCC[NH+]2CCOCC2)cc1. The molecule has 2 aromatic rings. The molecule has 0 spiro atoms. The summed E-state index contributed by atoms with van der Waals surface area (Å²) in [6, 6.07) is 19.0. The number of hydrogen-bond acceptors (Lipinski definition) is 2. The zero-order valence-electron chi connectivity index (χ0n) is 15.4. The van der Waals surface area contributed by atoms with Gasteiger partial charge in [-0.05, 0) is 36.8 Å².